The SMILES string of the molecule is CCCCOC(=O)c1nc(Br)c2snc(C)c2c1O. The van der Waals surface area contributed by atoms with E-state index in [1.165, 1.54) is 11.5 Å². The highest BCUT2D eigenvalue weighted by Crippen LogP contribution is 2.37. The number of unbranched alkanes of at least 4 members (excludes halogenated alkanes) is 1. The Labute approximate surface area is 122 Å². The van der Waals surface area contributed by atoms with Gasteiger partial charge in [-0.3, -0.25) is 0 Å². The normalized spacial score (nSPS) is 10.9. The van der Waals surface area contributed by atoms with Crippen LogP contribution in [-0.4, -0.2) is 27.0 Å². The molecule has 0 saturated heterocycles. The summed E-state index contributed by atoms with van der Waals surface area (Å²) >= 11 is 4.51. The van der Waals surface area contributed by atoms with Crippen LogP contribution in [0.4, 0.5) is 0 Å². The van der Waals surface area contributed by atoms with E-state index in [0.717, 1.165) is 17.5 Å². The van der Waals surface area contributed by atoms with Crippen molar-refractivity contribution in [3.8, 4) is 5.75 Å². The van der Waals surface area contributed by atoms with Crippen molar-refractivity contribution >= 4 is 43.5 Å². The quantitative estimate of drug-likeness (QED) is 0.522. The van der Waals surface area contributed by atoms with Crippen molar-refractivity contribution in [3.63, 3.8) is 0 Å². The number of aryl methyl sites for hydroxylation is 1. The van der Waals surface area contributed by atoms with Crippen LogP contribution in [0.3, 0.4) is 0 Å². The molecular formula is C12H13BrN2O3S. The van der Waals surface area contributed by atoms with Crippen LogP contribution < -0.4 is 0 Å². The summed E-state index contributed by atoms with van der Waals surface area (Å²) in [4.78, 5) is 15.9. The minimum Gasteiger partial charge on any atom is -0.505 e. The highest BCUT2D eigenvalue weighted by molar-refractivity contribution is 9.10. The Hall–Kier alpha value is -1.21. The van der Waals surface area contributed by atoms with E-state index < -0.39 is 5.97 Å². The Morgan fingerprint density at radius 3 is 2.95 bits per heavy atom. The van der Waals surface area contributed by atoms with Gasteiger partial charge in [-0.1, -0.05) is 13.3 Å². The number of hydrogen-bond acceptors (Lipinski definition) is 6. The standard InChI is InChI=1S/C12H13BrN2O3S/c1-3-4-5-18-12(17)8-9(16)7-6(2)15-19-10(7)11(13)14-8/h16H,3-5H2,1-2H3. The number of aromatic hydroxyl groups is 1. The number of fused-ring (bicyclic) bond motifs is 1. The van der Waals surface area contributed by atoms with Crippen LogP contribution in [0.1, 0.15) is 35.9 Å². The molecule has 0 atom stereocenters. The summed E-state index contributed by atoms with van der Waals surface area (Å²) in [6.45, 7) is 4.11. The van der Waals surface area contributed by atoms with Gasteiger partial charge in [-0.05, 0) is 40.8 Å². The third kappa shape index (κ3) is 2.71. The smallest absolute Gasteiger partial charge is 0.360 e. The van der Waals surface area contributed by atoms with Crippen molar-refractivity contribution in [3.05, 3.63) is 16.0 Å². The number of ether oxygens (including phenoxy) is 1. The predicted molar refractivity (Wildman–Crippen MR) is 76.7 cm³/mol. The fourth-order valence-electron chi connectivity index (χ4n) is 1.63. The number of nitrogens with zero attached hydrogens (tertiary/aromatic N) is 2. The van der Waals surface area contributed by atoms with Gasteiger partial charge in [0.05, 0.1) is 22.4 Å². The minimum atomic E-state index is -0.612. The Morgan fingerprint density at radius 2 is 2.26 bits per heavy atom. The molecule has 2 aromatic rings. The lowest BCUT2D eigenvalue weighted by molar-refractivity contribution is 0.0489. The molecule has 0 fully saturated rings. The average molecular weight is 345 g/mol. The lowest BCUT2D eigenvalue weighted by atomic mass is 10.2. The molecule has 1 N–H and O–H groups in total. The molecule has 0 radical (unpaired) electrons. The van der Waals surface area contributed by atoms with E-state index in [-0.39, 0.29) is 11.4 Å². The first kappa shape index (κ1) is 14.2. The fourth-order valence-corrected chi connectivity index (χ4v) is 3.00. The van der Waals surface area contributed by atoms with Gasteiger partial charge in [0.2, 0.25) is 0 Å². The van der Waals surface area contributed by atoms with Crippen molar-refractivity contribution < 1.29 is 14.6 Å². The zero-order valence-corrected chi connectivity index (χ0v) is 13.0. The van der Waals surface area contributed by atoms with Crippen LogP contribution in [0.25, 0.3) is 10.1 Å². The number of carbonyl (C=O) groups excluding carboxylic acids is 1. The molecule has 0 amide bonds. The first-order valence-corrected chi connectivity index (χ1v) is 7.44. The van der Waals surface area contributed by atoms with Gasteiger partial charge in [0.1, 0.15) is 4.60 Å². The molecule has 0 unspecified atom stereocenters. The third-order valence-electron chi connectivity index (χ3n) is 2.65. The monoisotopic (exact) mass is 344 g/mol. The topological polar surface area (TPSA) is 72.3 Å². The number of aromatic nitrogens is 2. The van der Waals surface area contributed by atoms with Crippen LogP contribution >= 0.6 is 27.5 Å². The van der Waals surface area contributed by atoms with Crippen molar-refractivity contribution in [1.29, 1.82) is 0 Å². The lowest BCUT2D eigenvalue weighted by Crippen LogP contribution is -2.09. The zero-order chi connectivity index (χ0) is 14.0. The van der Waals surface area contributed by atoms with Crippen LogP contribution in [-0.2, 0) is 4.74 Å². The average Bonchev–Trinajstić information content (AvgIpc) is 2.77. The van der Waals surface area contributed by atoms with Gasteiger partial charge < -0.3 is 9.84 Å². The molecule has 0 aromatic carbocycles. The molecule has 0 spiro atoms. The second-order valence-electron chi connectivity index (χ2n) is 4.06. The molecule has 102 valence electrons. The Balaban J connectivity index is 2.41. The van der Waals surface area contributed by atoms with Gasteiger partial charge in [0.15, 0.2) is 11.4 Å². The summed E-state index contributed by atoms with van der Waals surface area (Å²) in [7, 11) is 0. The molecule has 0 aliphatic heterocycles. The number of pyridine rings is 1. The van der Waals surface area contributed by atoms with Gasteiger partial charge in [-0.25, -0.2) is 9.78 Å². The maximum absolute atomic E-state index is 11.9. The number of carbonyl (C=O) groups is 1. The van der Waals surface area contributed by atoms with E-state index in [2.05, 4.69) is 25.3 Å². The molecule has 19 heavy (non-hydrogen) atoms. The second kappa shape index (κ2) is 5.83. The molecule has 2 aromatic heterocycles. The van der Waals surface area contributed by atoms with E-state index >= 15 is 0 Å². The maximum atomic E-state index is 11.9. The summed E-state index contributed by atoms with van der Waals surface area (Å²) < 4.78 is 10.4. The van der Waals surface area contributed by atoms with Gasteiger partial charge in [0.25, 0.3) is 0 Å². The number of hydrogen-bond donors (Lipinski definition) is 1. The van der Waals surface area contributed by atoms with Crippen molar-refractivity contribution in [2.75, 3.05) is 6.61 Å². The summed E-state index contributed by atoms with van der Waals surface area (Å²) in [5, 5.41) is 10.7. The minimum absolute atomic E-state index is 0.0706. The van der Waals surface area contributed by atoms with Crippen molar-refractivity contribution in [2.24, 2.45) is 0 Å². The molecular weight excluding hydrogens is 332 g/mol. The lowest BCUT2D eigenvalue weighted by Gasteiger charge is -2.07. The van der Waals surface area contributed by atoms with Crippen LogP contribution in [0.2, 0.25) is 0 Å². The predicted octanol–water partition coefficient (Wildman–Crippen LogP) is 3.42. The Bertz CT molecular complexity index is 627. The summed E-state index contributed by atoms with van der Waals surface area (Å²) in [6, 6.07) is 0. The maximum Gasteiger partial charge on any atom is 0.360 e. The van der Waals surface area contributed by atoms with E-state index in [1.807, 2.05) is 6.92 Å². The van der Waals surface area contributed by atoms with Crippen LogP contribution in [0, 0.1) is 6.92 Å². The van der Waals surface area contributed by atoms with E-state index in [1.54, 1.807) is 6.92 Å². The number of esters is 1. The first-order chi connectivity index (χ1) is 9.06. The van der Waals surface area contributed by atoms with E-state index in [9.17, 15) is 9.90 Å². The summed E-state index contributed by atoms with van der Waals surface area (Å²) in [5.41, 5.74) is 0.599. The highest BCUT2D eigenvalue weighted by Gasteiger charge is 2.22. The van der Waals surface area contributed by atoms with Gasteiger partial charge in [-0.15, -0.1) is 0 Å². The molecule has 0 aliphatic rings. The largest absolute Gasteiger partial charge is 0.505 e. The fraction of sp³-hybridized carbons (Fsp3) is 0.417. The third-order valence-corrected chi connectivity index (χ3v) is 4.43. The Kier molecular flexibility index (Phi) is 4.36. The first-order valence-electron chi connectivity index (χ1n) is 5.87. The molecule has 2 rings (SSSR count). The second-order valence-corrected chi connectivity index (χ2v) is 5.59. The summed E-state index contributed by atoms with van der Waals surface area (Å²) in [6.07, 6.45) is 1.72. The van der Waals surface area contributed by atoms with Crippen LogP contribution in [0.15, 0.2) is 4.60 Å². The molecule has 0 saturated carbocycles. The zero-order valence-electron chi connectivity index (χ0n) is 10.6. The number of halogens is 1. The van der Waals surface area contributed by atoms with Gasteiger partial charge in [0, 0.05) is 0 Å². The number of rotatable bonds is 4. The molecule has 0 bridgehead atoms. The van der Waals surface area contributed by atoms with Gasteiger partial charge >= 0.3 is 5.97 Å². The molecule has 5 nitrogen and oxygen atoms in total. The molecule has 2 heterocycles. The van der Waals surface area contributed by atoms with E-state index in [4.69, 9.17) is 4.74 Å². The molecule has 0 aliphatic carbocycles. The van der Waals surface area contributed by atoms with Gasteiger partial charge in [-0.2, -0.15) is 4.37 Å². The van der Waals surface area contributed by atoms with E-state index in [0.29, 0.717) is 22.3 Å². The molecule has 7 heteroatoms. The van der Waals surface area contributed by atoms with Crippen LogP contribution in [0.5, 0.6) is 5.75 Å². The van der Waals surface area contributed by atoms with Crippen molar-refractivity contribution in [1.82, 2.24) is 9.36 Å². The van der Waals surface area contributed by atoms with Crippen molar-refractivity contribution in [2.45, 2.75) is 26.7 Å². The Morgan fingerprint density at radius 1 is 1.53 bits per heavy atom. The highest BCUT2D eigenvalue weighted by atomic mass is 79.9. The summed E-state index contributed by atoms with van der Waals surface area (Å²) in [5.74, 6) is -0.773.